The largest absolute Gasteiger partial charge is 0.369 e. The summed E-state index contributed by atoms with van der Waals surface area (Å²) in [5.41, 5.74) is 11.2. The van der Waals surface area contributed by atoms with Gasteiger partial charge in [-0.05, 0) is 36.8 Å². The van der Waals surface area contributed by atoms with Crippen LogP contribution in [0.15, 0.2) is 30.3 Å². The molecule has 0 bridgehead atoms. The molecule has 2 aromatic carbocycles. The number of hydrogen-bond acceptors (Lipinski definition) is 5. The van der Waals surface area contributed by atoms with Crippen LogP contribution in [0.4, 0.5) is 5.95 Å². The SMILES string of the molecule is Cc1ccc2c(c1)nc(N)n2-c1c(Cl)ccc2nsnc12. The lowest BCUT2D eigenvalue weighted by molar-refractivity contribution is 1.12. The van der Waals surface area contributed by atoms with Crippen molar-refractivity contribution < 1.29 is 0 Å². The van der Waals surface area contributed by atoms with Gasteiger partial charge in [-0.25, -0.2) is 4.98 Å². The number of imidazole rings is 1. The second kappa shape index (κ2) is 4.41. The molecule has 21 heavy (non-hydrogen) atoms. The lowest BCUT2D eigenvalue weighted by atomic mass is 10.2. The number of hydrogen-bond donors (Lipinski definition) is 1. The summed E-state index contributed by atoms with van der Waals surface area (Å²) < 4.78 is 10.4. The van der Waals surface area contributed by atoms with Gasteiger partial charge < -0.3 is 5.73 Å². The molecule has 0 fully saturated rings. The van der Waals surface area contributed by atoms with Crippen LogP contribution in [0.5, 0.6) is 0 Å². The van der Waals surface area contributed by atoms with Crippen LogP contribution in [-0.2, 0) is 0 Å². The Hall–Kier alpha value is -2.18. The maximum absolute atomic E-state index is 6.39. The van der Waals surface area contributed by atoms with Crippen molar-refractivity contribution in [2.45, 2.75) is 6.92 Å². The Morgan fingerprint density at radius 1 is 1.14 bits per heavy atom. The zero-order valence-electron chi connectivity index (χ0n) is 11.0. The van der Waals surface area contributed by atoms with Crippen LogP contribution in [0.25, 0.3) is 27.8 Å². The molecule has 5 nitrogen and oxygen atoms in total. The van der Waals surface area contributed by atoms with Crippen molar-refractivity contribution in [1.82, 2.24) is 18.3 Å². The van der Waals surface area contributed by atoms with Gasteiger partial charge in [-0.15, -0.1) is 0 Å². The summed E-state index contributed by atoms with van der Waals surface area (Å²) in [5, 5.41) is 0.571. The third kappa shape index (κ3) is 1.80. The molecule has 0 saturated heterocycles. The van der Waals surface area contributed by atoms with Crippen LogP contribution in [-0.4, -0.2) is 18.3 Å². The molecule has 2 aromatic heterocycles. The maximum atomic E-state index is 6.39. The summed E-state index contributed by atoms with van der Waals surface area (Å²) in [7, 11) is 0. The van der Waals surface area contributed by atoms with Gasteiger partial charge in [-0.2, -0.15) is 8.75 Å². The monoisotopic (exact) mass is 315 g/mol. The molecule has 0 saturated carbocycles. The number of nitrogen functional groups attached to an aromatic ring is 1. The summed E-state index contributed by atoms with van der Waals surface area (Å²) in [5.74, 6) is 0.387. The third-order valence-corrected chi connectivity index (χ3v) is 4.26. The van der Waals surface area contributed by atoms with Crippen molar-refractivity contribution in [3.63, 3.8) is 0 Å². The minimum absolute atomic E-state index is 0.387. The number of benzene rings is 2. The van der Waals surface area contributed by atoms with Gasteiger partial charge in [0.25, 0.3) is 0 Å². The van der Waals surface area contributed by atoms with Crippen LogP contribution in [0.3, 0.4) is 0 Å². The van der Waals surface area contributed by atoms with Gasteiger partial charge in [-0.1, -0.05) is 17.7 Å². The Bertz CT molecular complexity index is 988. The number of rotatable bonds is 1. The normalized spacial score (nSPS) is 11.5. The fourth-order valence-electron chi connectivity index (χ4n) is 2.47. The second-order valence-corrected chi connectivity index (χ2v) is 5.76. The number of anilines is 1. The van der Waals surface area contributed by atoms with E-state index in [0.717, 1.165) is 45.0 Å². The molecule has 0 unspecified atom stereocenters. The molecule has 2 heterocycles. The van der Waals surface area contributed by atoms with Crippen LogP contribution in [0.1, 0.15) is 5.56 Å². The number of aryl methyl sites for hydroxylation is 1. The number of nitrogens with zero attached hydrogens (tertiary/aromatic N) is 4. The van der Waals surface area contributed by atoms with Gasteiger partial charge >= 0.3 is 0 Å². The number of fused-ring (bicyclic) bond motifs is 2. The minimum atomic E-state index is 0.387. The predicted molar refractivity (Wildman–Crippen MR) is 86.2 cm³/mol. The predicted octanol–water partition coefficient (Wildman–Crippen LogP) is 3.57. The first kappa shape index (κ1) is 12.6. The first-order valence-electron chi connectivity index (χ1n) is 6.31. The third-order valence-electron chi connectivity index (χ3n) is 3.41. The molecule has 0 amide bonds. The topological polar surface area (TPSA) is 69.6 Å². The van der Waals surface area contributed by atoms with Gasteiger partial charge in [-0.3, -0.25) is 4.57 Å². The fraction of sp³-hybridized carbons (Fsp3) is 0.0714. The average Bonchev–Trinajstić information content (AvgIpc) is 3.02. The van der Waals surface area contributed by atoms with Crippen molar-refractivity contribution in [2.75, 3.05) is 5.73 Å². The number of halogens is 1. The molecule has 0 radical (unpaired) electrons. The van der Waals surface area contributed by atoms with Crippen LogP contribution in [0.2, 0.25) is 5.02 Å². The Morgan fingerprint density at radius 2 is 2.00 bits per heavy atom. The Labute approximate surface area is 129 Å². The minimum Gasteiger partial charge on any atom is -0.369 e. The van der Waals surface area contributed by atoms with E-state index in [9.17, 15) is 0 Å². The molecule has 104 valence electrons. The van der Waals surface area contributed by atoms with Gasteiger partial charge in [0.1, 0.15) is 11.0 Å². The molecule has 4 rings (SSSR count). The fourth-order valence-corrected chi connectivity index (χ4v) is 3.24. The Balaban J connectivity index is 2.16. The molecule has 4 aromatic rings. The number of aromatic nitrogens is 4. The second-order valence-electron chi connectivity index (χ2n) is 4.83. The van der Waals surface area contributed by atoms with Crippen molar-refractivity contribution in [2.24, 2.45) is 0 Å². The van der Waals surface area contributed by atoms with E-state index in [4.69, 9.17) is 17.3 Å². The van der Waals surface area contributed by atoms with Crippen LogP contribution >= 0.6 is 23.3 Å². The van der Waals surface area contributed by atoms with Gasteiger partial charge in [0.05, 0.1) is 33.5 Å². The van der Waals surface area contributed by atoms with E-state index in [1.807, 2.05) is 35.8 Å². The van der Waals surface area contributed by atoms with E-state index in [0.29, 0.717) is 11.0 Å². The van der Waals surface area contributed by atoms with Crippen molar-refractivity contribution >= 4 is 51.3 Å². The van der Waals surface area contributed by atoms with Gasteiger partial charge in [0.15, 0.2) is 0 Å². The molecular formula is C14H10ClN5S. The Kier molecular flexibility index (Phi) is 2.63. The van der Waals surface area contributed by atoms with Crippen molar-refractivity contribution in [3.05, 3.63) is 40.9 Å². The molecule has 0 spiro atoms. The highest BCUT2D eigenvalue weighted by Crippen LogP contribution is 2.33. The average molecular weight is 316 g/mol. The standard InChI is InChI=1S/C14H10ClN5S/c1-7-2-5-11-10(6-7)17-14(16)20(11)13-8(15)3-4-9-12(13)19-21-18-9/h2-6H,1H3,(H2,16,17). The summed E-state index contributed by atoms with van der Waals surface area (Å²) >= 11 is 7.54. The maximum Gasteiger partial charge on any atom is 0.206 e. The number of nitrogens with two attached hydrogens (primary N) is 1. The summed E-state index contributed by atoms with van der Waals surface area (Å²) in [6, 6.07) is 9.66. The van der Waals surface area contributed by atoms with E-state index < -0.39 is 0 Å². The van der Waals surface area contributed by atoms with E-state index >= 15 is 0 Å². The molecule has 7 heteroatoms. The molecule has 0 atom stereocenters. The van der Waals surface area contributed by atoms with Crippen molar-refractivity contribution in [1.29, 1.82) is 0 Å². The van der Waals surface area contributed by atoms with Crippen LogP contribution < -0.4 is 5.73 Å². The van der Waals surface area contributed by atoms with E-state index in [1.54, 1.807) is 6.07 Å². The highest BCUT2D eigenvalue weighted by atomic mass is 35.5. The zero-order chi connectivity index (χ0) is 14.6. The van der Waals surface area contributed by atoms with Crippen LogP contribution in [0, 0.1) is 6.92 Å². The Morgan fingerprint density at radius 3 is 2.86 bits per heavy atom. The van der Waals surface area contributed by atoms with Crippen molar-refractivity contribution in [3.8, 4) is 5.69 Å². The highest BCUT2D eigenvalue weighted by Gasteiger charge is 2.17. The van der Waals surface area contributed by atoms with Gasteiger partial charge in [0, 0.05) is 0 Å². The molecule has 0 aliphatic heterocycles. The lowest BCUT2D eigenvalue weighted by Crippen LogP contribution is -2.02. The first-order valence-corrected chi connectivity index (χ1v) is 7.42. The quantitative estimate of drug-likeness (QED) is 0.583. The molecule has 0 aliphatic rings. The van der Waals surface area contributed by atoms with E-state index in [-0.39, 0.29) is 0 Å². The zero-order valence-corrected chi connectivity index (χ0v) is 12.6. The molecule has 0 aliphatic carbocycles. The summed E-state index contributed by atoms with van der Waals surface area (Å²) in [6.07, 6.45) is 0. The lowest BCUT2D eigenvalue weighted by Gasteiger charge is -2.09. The smallest absolute Gasteiger partial charge is 0.206 e. The summed E-state index contributed by atoms with van der Waals surface area (Å²) in [6.45, 7) is 2.02. The van der Waals surface area contributed by atoms with E-state index in [2.05, 4.69) is 13.7 Å². The molecule has 2 N–H and O–H groups in total. The summed E-state index contributed by atoms with van der Waals surface area (Å²) in [4.78, 5) is 4.42. The van der Waals surface area contributed by atoms with Gasteiger partial charge in [0.2, 0.25) is 5.95 Å². The first-order chi connectivity index (χ1) is 10.1. The van der Waals surface area contributed by atoms with E-state index in [1.165, 1.54) is 0 Å². The molecular weight excluding hydrogens is 306 g/mol. The highest BCUT2D eigenvalue weighted by molar-refractivity contribution is 7.00.